The molecule has 0 saturated carbocycles. The molecule has 4 heterocycles. The first kappa shape index (κ1) is 21.9. The smallest absolute Gasteiger partial charge is 0.419 e. The zero-order valence-electron chi connectivity index (χ0n) is 17.5. The summed E-state index contributed by atoms with van der Waals surface area (Å²) in [5.41, 5.74) is -0.461. The molecule has 0 bridgehead atoms. The molecule has 34 heavy (non-hydrogen) atoms. The highest BCUT2D eigenvalue weighted by Crippen LogP contribution is 2.33. The van der Waals surface area contributed by atoms with Crippen molar-refractivity contribution in [1.82, 2.24) is 24.6 Å². The van der Waals surface area contributed by atoms with Gasteiger partial charge in [0, 0.05) is 43.7 Å². The van der Waals surface area contributed by atoms with Gasteiger partial charge in [-0.3, -0.25) is 14.7 Å². The van der Waals surface area contributed by atoms with Crippen LogP contribution in [0.25, 0.3) is 16.9 Å². The van der Waals surface area contributed by atoms with Crippen LogP contribution in [-0.4, -0.2) is 68.8 Å². The number of rotatable bonds is 3. The molecular weight excluding hydrogens is 458 g/mol. The van der Waals surface area contributed by atoms with Crippen molar-refractivity contribution in [2.45, 2.75) is 12.2 Å². The fourth-order valence-electron chi connectivity index (χ4n) is 4.10. The molecule has 0 unspecified atom stereocenters. The number of alkyl halides is 3. The summed E-state index contributed by atoms with van der Waals surface area (Å²) < 4.78 is 59.5. The van der Waals surface area contributed by atoms with Crippen LogP contribution in [0.4, 0.5) is 22.4 Å². The van der Waals surface area contributed by atoms with Crippen molar-refractivity contribution in [1.29, 1.82) is 0 Å². The molecule has 2 aliphatic rings. The van der Waals surface area contributed by atoms with Crippen LogP contribution in [0.2, 0.25) is 0 Å². The van der Waals surface area contributed by atoms with Gasteiger partial charge in [0.2, 0.25) is 0 Å². The van der Waals surface area contributed by atoms with E-state index < -0.39 is 29.6 Å². The molecule has 0 N–H and O–H groups in total. The van der Waals surface area contributed by atoms with Gasteiger partial charge in [-0.2, -0.15) is 18.3 Å². The number of pyridine rings is 1. The van der Waals surface area contributed by atoms with Gasteiger partial charge >= 0.3 is 12.3 Å². The van der Waals surface area contributed by atoms with E-state index in [9.17, 15) is 27.2 Å². The highest BCUT2D eigenvalue weighted by atomic mass is 19.4. The van der Waals surface area contributed by atoms with E-state index >= 15 is 0 Å². The SMILES string of the molecule is O=C(c1cc(-c2cccnc2)n(-c2ccc(C(F)(F)F)c(F)c2)n1)N1CCN2C(=O)OC[C@@H]2C1. The standard InChI is InChI=1S/C22H17F4N5O3/c23-17-8-14(3-4-16(17)22(24,25)26)31-19(13-2-1-5-27-10-13)9-18(28-31)20(32)29-6-7-30-15(11-29)12-34-21(30)33/h1-5,8-10,15H,6-7,11-12H2/t15-/m0/s1. The molecular formula is C22H17F4N5O3. The third kappa shape index (κ3) is 3.84. The molecule has 2 aromatic heterocycles. The molecule has 0 spiro atoms. The summed E-state index contributed by atoms with van der Waals surface area (Å²) in [7, 11) is 0. The van der Waals surface area contributed by atoms with Gasteiger partial charge < -0.3 is 9.64 Å². The number of nitrogens with zero attached hydrogens (tertiary/aromatic N) is 5. The average Bonchev–Trinajstić information content (AvgIpc) is 3.42. The number of hydrogen-bond donors (Lipinski definition) is 0. The topological polar surface area (TPSA) is 80.6 Å². The van der Waals surface area contributed by atoms with Crippen molar-refractivity contribution in [3.05, 3.63) is 65.9 Å². The number of hydrogen-bond acceptors (Lipinski definition) is 5. The van der Waals surface area contributed by atoms with Crippen molar-refractivity contribution in [2.24, 2.45) is 0 Å². The molecule has 8 nitrogen and oxygen atoms in total. The van der Waals surface area contributed by atoms with Crippen LogP contribution in [0.5, 0.6) is 0 Å². The lowest BCUT2D eigenvalue weighted by molar-refractivity contribution is -0.140. The minimum atomic E-state index is -4.84. The van der Waals surface area contributed by atoms with Gasteiger partial charge in [-0.05, 0) is 30.3 Å². The first-order valence-corrected chi connectivity index (χ1v) is 10.3. The average molecular weight is 475 g/mol. The van der Waals surface area contributed by atoms with Gasteiger partial charge in [0.05, 0.1) is 23.0 Å². The Morgan fingerprint density at radius 3 is 2.68 bits per heavy atom. The predicted molar refractivity (Wildman–Crippen MR) is 110 cm³/mol. The van der Waals surface area contributed by atoms with E-state index in [-0.39, 0.29) is 37.1 Å². The van der Waals surface area contributed by atoms with E-state index in [4.69, 9.17) is 4.74 Å². The third-order valence-electron chi connectivity index (χ3n) is 5.79. The molecule has 1 aromatic carbocycles. The summed E-state index contributed by atoms with van der Waals surface area (Å²) in [6.07, 6.45) is -2.21. The molecule has 3 aromatic rings. The lowest BCUT2D eigenvalue weighted by atomic mass is 10.1. The van der Waals surface area contributed by atoms with E-state index in [0.717, 1.165) is 12.1 Å². The molecule has 1 atom stereocenters. The molecule has 12 heteroatoms. The maximum absolute atomic E-state index is 14.3. The Hall–Kier alpha value is -3.96. The van der Waals surface area contributed by atoms with Crippen LogP contribution < -0.4 is 0 Å². The zero-order valence-corrected chi connectivity index (χ0v) is 17.5. The second-order valence-electron chi connectivity index (χ2n) is 7.91. The van der Waals surface area contributed by atoms with E-state index in [0.29, 0.717) is 23.9 Å². The van der Waals surface area contributed by atoms with Gasteiger partial charge in [0.25, 0.3) is 5.91 Å². The zero-order chi connectivity index (χ0) is 24.0. The quantitative estimate of drug-likeness (QED) is 0.543. The maximum atomic E-state index is 14.3. The first-order valence-electron chi connectivity index (χ1n) is 10.3. The summed E-state index contributed by atoms with van der Waals surface area (Å²) in [6, 6.07) is 7.02. The van der Waals surface area contributed by atoms with Crippen LogP contribution >= 0.6 is 0 Å². The molecule has 0 radical (unpaired) electrons. The molecule has 2 aliphatic heterocycles. The number of carbonyl (C=O) groups excluding carboxylic acids is 2. The van der Waals surface area contributed by atoms with Crippen LogP contribution in [0, 0.1) is 5.82 Å². The summed E-state index contributed by atoms with van der Waals surface area (Å²) in [4.78, 5) is 32.1. The maximum Gasteiger partial charge on any atom is 0.419 e. The molecule has 5 rings (SSSR count). The second kappa shape index (κ2) is 8.12. The van der Waals surface area contributed by atoms with E-state index in [1.54, 1.807) is 23.2 Å². The Morgan fingerprint density at radius 1 is 1.15 bits per heavy atom. The van der Waals surface area contributed by atoms with Crippen LogP contribution in [0.15, 0.2) is 48.8 Å². The van der Waals surface area contributed by atoms with Crippen LogP contribution in [0.1, 0.15) is 16.1 Å². The van der Waals surface area contributed by atoms with Crippen molar-refractivity contribution < 1.29 is 31.9 Å². The number of carbonyl (C=O) groups is 2. The van der Waals surface area contributed by atoms with Crippen molar-refractivity contribution >= 4 is 12.0 Å². The number of ether oxygens (including phenoxy) is 1. The van der Waals surface area contributed by atoms with E-state index in [1.165, 1.54) is 21.8 Å². The van der Waals surface area contributed by atoms with Crippen molar-refractivity contribution in [3.8, 4) is 16.9 Å². The normalized spacial score (nSPS) is 18.1. The summed E-state index contributed by atoms with van der Waals surface area (Å²) in [5, 5.41) is 4.30. The molecule has 0 aliphatic carbocycles. The molecule has 2 saturated heterocycles. The van der Waals surface area contributed by atoms with E-state index in [1.807, 2.05) is 0 Å². The number of piperazine rings is 1. The highest BCUT2D eigenvalue weighted by molar-refractivity contribution is 5.94. The van der Waals surface area contributed by atoms with Crippen molar-refractivity contribution in [3.63, 3.8) is 0 Å². The van der Waals surface area contributed by atoms with Gasteiger partial charge in [0.1, 0.15) is 12.4 Å². The largest absolute Gasteiger partial charge is 0.447 e. The number of aromatic nitrogens is 3. The van der Waals surface area contributed by atoms with Crippen molar-refractivity contribution in [2.75, 3.05) is 26.2 Å². The summed E-state index contributed by atoms with van der Waals surface area (Å²) >= 11 is 0. The van der Waals surface area contributed by atoms with Crippen LogP contribution in [-0.2, 0) is 10.9 Å². The number of halogens is 4. The number of benzene rings is 1. The Kier molecular flexibility index (Phi) is 5.22. The fraction of sp³-hybridized carbons (Fsp3) is 0.273. The number of fused-ring (bicyclic) bond motifs is 1. The van der Waals surface area contributed by atoms with E-state index in [2.05, 4.69) is 10.1 Å². The molecule has 176 valence electrons. The fourth-order valence-corrected chi connectivity index (χ4v) is 4.10. The second-order valence-corrected chi connectivity index (χ2v) is 7.91. The molecule has 2 fully saturated rings. The summed E-state index contributed by atoms with van der Waals surface area (Å²) in [5.74, 6) is -1.87. The lowest BCUT2D eigenvalue weighted by Gasteiger charge is -2.34. The summed E-state index contributed by atoms with van der Waals surface area (Å²) in [6.45, 7) is 1.03. The monoisotopic (exact) mass is 475 g/mol. The Balaban J connectivity index is 1.51. The number of cyclic esters (lactones) is 1. The minimum absolute atomic E-state index is 0.0167. The Labute approximate surface area is 190 Å². The Bertz CT molecular complexity index is 1260. The van der Waals surface area contributed by atoms with Gasteiger partial charge in [-0.25, -0.2) is 13.9 Å². The highest BCUT2D eigenvalue weighted by Gasteiger charge is 2.39. The minimum Gasteiger partial charge on any atom is -0.447 e. The number of amides is 2. The first-order chi connectivity index (χ1) is 16.2. The van der Waals surface area contributed by atoms with Gasteiger partial charge in [-0.1, -0.05) is 0 Å². The Morgan fingerprint density at radius 2 is 1.97 bits per heavy atom. The molecule has 2 amide bonds. The lowest BCUT2D eigenvalue weighted by Crippen LogP contribution is -2.53. The van der Waals surface area contributed by atoms with Gasteiger partial charge in [0.15, 0.2) is 5.69 Å². The van der Waals surface area contributed by atoms with Gasteiger partial charge in [-0.15, -0.1) is 0 Å². The predicted octanol–water partition coefficient (Wildman–Crippen LogP) is 3.37. The van der Waals surface area contributed by atoms with Crippen LogP contribution in [0.3, 0.4) is 0 Å². The third-order valence-corrected chi connectivity index (χ3v) is 5.79.